The lowest BCUT2D eigenvalue weighted by Gasteiger charge is -2.22. The van der Waals surface area contributed by atoms with Gasteiger partial charge in [-0.1, -0.05) is 30.3 Å². The zero-order chi connectivity index (χ0) is 19.1. The molecule has 1 fully saturated rings. The molecule has 1 saturated heterocycles. The highest BCUT2D eigenvalue weighted by Crippen LogP contribution is 2.36. The molecule has 2 aromatic carbocycles. The van der Waals surface area contributed by atoms with Crippen LogP contribution in [-0.4, -0.2) is 30.8 Å². The third-order valence-corrected chi connectivity index (χ3v) is 6.82. The highest BCUT2D eigenvalue weighted by Gasteiger charge is 2.29. The molecule has 0 unspecified atom stereocenters. The number of hydrogen-bond donors (Lipinski definition) is 0. The minimum atomic E-state index is 0.335. The van der Waals surface area contributed by atoms with Crippen LogP contribution in [0.15, 0.2) is 54.6 Å². The number of likely N-dealkylation sites (tertiary alicyclic amines) is 1. The Labute approximate surface area is 172 Å². The van der Waals surface area contributed by atoms with Gasteiger partial charge in [0.1, 0.15) is 10.8 Å². The molecule has 4 aromatic rings. The van der Waals surface area contributed by atoms with E-state index >= 15 is 0 Å². The van der Waals surface area contributed by atoms with Crippen LogP contribution in [0, 0.1) is 11.7 Å². The Kier molecular flexibility index (Phi) is 4.58. The normalized spacial score (nSPS) is 17.5. The van der Waals surface area contributed by atoms with E-state index in [4.69, 9.17) is 22.3 Å². The zero-order valence-electron chi connectivity index (χ0n) is 15.7. The molecule has 0 bridgehead atoms. The minimum absolute atomic E-state index is 0.335. The second-order valence-corrected chi connectivity index (χ2v) is 8.56. The van der Waals surface area contributed by atoms with Crippen molar-refractivity contribution in [1.82, 2.24) is 24.2 Å². The molecule has 2 aromatic heterocycles. The second-order valence-electron chi connectivity index (χ2n) is 7.13. The predicted molar refractivity (Wildman–Crippen MR) is 115 cm³/mol. The standard InChI is InChI=1S/C21H21N5S2/c1-15-23-25(21(27)26(15)16-8-3-2-4-9-16)14-24-13-7-11-18(24)20-22-17-10-5-6-12-19(17)28-20/h2-6,8-10,12,18H,7,11,13-14H2,1H3/t18-/m1/s1. The summed E-state index contributed by atoms with van der Waals surface area (Å²) in [6.07, 6.45) is 2.30. The molecule has 7 heteroatoms. The van der Waals surface area contributed by atoms with Crippen molar-refractivity contribution in [3.63, 3.8) is 0 Å². The van der Waals surface area contributed by atoms with Gasteiger partial charge in [0.05, 0.1) is 22.9 Å². The van der Waals surface area contributed by atoms with Crippen LogP contribution >= 0.6 is 23.6 Å². The predicted octanol–water partition coefficient (Wildman–Crippen LogP) is 5.12. The van der Waals surface area contributed by atoms with Crippen molar-refractivity contribution >= 4 is 33.8 Å². The van der Waals surface area contributed by atoms with E-state index in [1.165, 1.54) is 16.1 Å². The summed E-state index contributed by atoms with van der Waals surface area (Å²) in [7, 11) is 0. The number of benzene rings is 2. The molecule has 1 aliphatic heterocycles. The Morgan fingerprint density at radius 3 is 2.71 bits per heavy atom. The molecule has 0 spiro atoms. The van der Waals surface area contributed by atoms with Gasteiger partial charge in [0.2, 0.25) is 4.77 Å². The third kappa shape index (κ3) is 3.09. The molecule has 0 N–H and O–H groups in total. The van der Waals surface area contributed by atoms with Crippen LogP contribution in [0.4, 0.5) is 0 Å². The van der Waals surface area contributed by atoms with Crippen LogP contribution < -0.4 is 0 Å². The van der Waals surface area contributed by atoms with E-state index in [1.807, 2.05) is 34.4 Å². The molecule has 1 atom stereocenters. The quantitative estimate of drug-likeness (QED) is 0.440. The lowest BCUT2D eigenvalue weighted by atomic mass is 10.2. The number of nitrogens with zero attached hydrogens (tertiary/aromatic N) is 5. The van der Waals surface area contributed by atoms with Gasteiger partial charge in [-0.3, -0.25) is 9.47 Å². The van der Waals surface area contributed by atoms with Crippen molar-refractivity contribution in [2.45, 2.75) is 32.5 Å². The largest absolute Gasteiger partial charge is 0.275 e. The SMILES string of the molecule is Cc1nn(CN2CCC[C@@H]2c2nc3ccccc3s2)c(=S)n1-c1ccccc1. The molecule has 3 heterocycles. The van der Waals surface area contributed by atoms with E-state index in [1.54, 1.807) is 11.3 Å². The fourth-order valence-electron chi connectivity index (χ4n) is 3.96. The molecule has 28 heavy (non-hydrogen) atoms. The van der Waals surface area contributed by atoms with Crippen molar-refractivity contribution in [2.24, 2.45) is 0 Å². The summed E-state index contributed by atoms with van der Waals surface area (Å²) in [5, 5.41) is 5.94. The van der Waals surface area contributed by atoms with Gasteiger partial charge >= 0.3 is 0 Å². The Hall–Kier alpha value is -2.35. The fourth-order valence-corrected chi connectivity index (χ4v) is 5.44. The van der Waals surface area contributed by atoms with Crippen molar-refractivity contribution in [1.29, 1.82) is 0 Å². The summed E-state index contributed by atoms with van der Waals surface area (Å²) < 4.78 is 5.98. The van der Waals surface area contributed by atoms with Crippen molar-refractivity contribution in [3.05, 3.63) is 70.2 Å². The van der Waals surface area contributed by atoms with Crippen LogP contribution in [0.25, 0.3) is 15.9 Å². The summed E-state index contributed by atoms with van der Waals surface area (Å²) in [4.78, 5) is 7.35. The highest BCUT2D eigenvalue weighted by atomic mass is 32.1. The number of hydrogen-bond acceptors (Lipinski definition) is 5. The van der Waals surface area contributed by atoms with E-state index in [2.05, 4.69) is 41.3 Å². The number of aromatic nitrogens is 4. The molecule has 5 rings (SSSR count). The van der Waals surface area contributed by atoms with Gasteiger partial charge in [-0.2, -0.15) is 5.10 Å². The fraction of sp³-hybridized carbons (Fsp3) is 0.286. The maximum absolute atomic E-state index is 5.76. The van der Waals surface area contributed by atoms with Gasteiger partial charge in [0, 0.05) is 12.2 Å². The van der Waals surface area contributed by atoms with Crippen LogP contribution in [0.1, 0.15) is 29.7 Å². The average Bonchev–Trinajstić information content (AvgIpc) is 3.40. The average molecular weight is 408 g/mol. The lowest BCUT2D eigenvalue weighted by molar-refractivity contribution is 0.189. The van der Waals surface area contributed by atoms with E-state index in [-0.39, 0.29) is 0 Å². The Morgan fingerprint density at radius 2 is 1.89 bits per heavy atom. The number of para-hydroxylation sites is 2. The highest BCUT2D eigenvalue weighted by molar-refractivity contribution is 7.71. The topological polar surface area (TPSA) is 38.9 Å². The molecule has 0 radical (unpaired) electrons. The van der Waals surface area contributed by atoms with Gasteiger partial charge in [-0.25, -0.2) is 9.67 Å². The monoisotopic (exact) mass is 407 g/mol. The number of aryl methyl sites for hydroxylation is 1. The van der Waals surface area contributed by atoms with Crippen LogP contribution in [0.2, 0.25) is 0 Å². The molecule has 5 nitrogen and oxygen atoms in total. The first kappa shape index (κ1) is 17.7. The summed E-state index contributed by atoms with van der Waals surface area (Å²) in [5.74, 6) is 0.909. The Morgan fingerprint density at radius 1 is 1.11 bits per heavy atom. The molecule has 1 aliphatic rings. The van der Waals surface area contributed by atoms with E-state index in [9.17, 15) is 0 Å². The Balaban J connectivity index is 1.45. The summed E-state index contributed by atoms with van der Waals surface area (Å²) >= 11 is 7.57. The number of fused-ring (bicyclic) bond motifs is 1. The van der Waals surface area contributed by atoms with Crippen LogP contribution in [0.3, 0.4) is 0 Å². The first-order valence-electron chi connectivity index (χ1n) is 9.52. The molecule has 0 amide bonds. The van der Waals surface area contributed by atoms with Crippen LogP contribution in [0.5, 0.6) is 0 Å². The lowest BCUT2D eigenvalue weighted by Crippen LogP contribution is -2.27. The zero-order valence-corrected chi connectivity index (χ0v) is 17.3. The minimum Gasteiger partial charge on any atom is -0.275 e. The van der Waals surface area contributed by atoms with E-state index in [0.29, 0.717) is 12.7 Å². The van der Waals surface area contributed by atoms with Gasteiger partial charge in [-0.05, 0) is 56.2 Å². The maximum Gasteiger partial charge on any atom is 0.203 e. The van der Waals surface area contributed by atoms with Gasteiger partial charge < -0.3 is 0 Å². The van der Waals surface area contributed by atoms with E-state index in [0.717, 1.165) is 34.8 Å². The van der Waals surface area contributed by atoms with E-state index < -0.39 is 0 Å². The Bertz CT molecular complexity index is 1140. The van der Waals surface area contributed by atoms with Crippen molar-refractivity contribution in [3.8, 4) is 5.69 Å². The summed E-state index contributed by atoms with van der Waals surface area (Å²) in [5.41, 5.74) is 2.15. The molecule has 0 saturated carbocycles. The molecule has 142 valence electrons. The first-order chi connectivity index (χ1) is 13.7. The maximum atomic E-state index is 5.76. The van der Waals surface area contributed by atoms with Crippen molar-refractivity contribution in [2.75, 3.05) is 6.54 Å². The molecular formula is C21H21N5S2. The third-order valence-electron chi connectivity index (χ3n) is 5.29. The molecule has 0 aliphatic carbocycles. The summed E-state index contributed by atoms with van der Waals surface area (Å²) in [6.45, 7) is 3.74. The smallest absolute Gasteiger partial charge is 0.203 e. The number of rotatable bonds is 4. The van der Waals surface area contributed by atoms with Gasteiger partial charge in [-0.15, -0.1) is 11.3 Å². The first-order valence-corrected chi connectivity index (χ1v) is 10.7. The van der Waals surface area contributed by atoms with Gasteiger partial charge in [0.15, 0.2) is 0 Å². The van der Waals surface area contributed by atoms with Gasteiger partial charge in [0.25, 0.3) is 0 Å². The molecular weight excluding hydrogens is 386 g/mol. The van der Waals surface area contributed by atoms with Crippen molar-refractivity contribution < 1.29 is 0 Å². The second kappa shape index (κ2) is 7.24. The number of thiazole rings is 1. The summed E-state index contributed by atoms with van der Waals surface area (Å²) in [6, 6.07) is 18.9. The van der Waals surface area contributed by atoms with Crippen LogP contribution in [-0.2, 0) is 6.67 Å².